The number of aromatic nitrogens is 5. The fraction of sp³-hybridized carbons (Fsp3) is 0.429. The van der Waals surface area contributed by atoms with E-state index in [4.69, 9.17) is 0 Å². The van der Waals surface area contributed by atoms with Gasteiger partial charge >= 0.3 is 6.18 Å². The Morgan fingerprint density at radius 2 is 1.97 bits per heavy atom. The number of hydrogen-bond acceptors (Lipinski definition) is 6. The summed E-state index contributed by atoms with van der Waals surface area (Å²) in [5, 5.41) is 5.87. The number of hydrogen-bond donors (Lipinski definition) is 1. The lowest BCUT2D eigenvalue weighted by molar-refractivity contribution is -0.141. The fourth-order valence-corrected chi connectivity index (χ4v) is 5.90. The summed E-state index contributed by atoms with van der Waals surface area (Å²) in [6, 6.07) is 0.716. The van der Waals surface area contributed by atoms with Crippen molar-refractivity contribution in [2.45, 2.75) is 50.6 Å². The van der Waals surface area contributed by atoms with Gasteiger partial charge in [0.25, 0.3) is 0 Å². The number of imidazole rings is 1. The molecule has 35 heavy (non-hydrogen) atoms. The molecule has 9 nitrogen and oxygen atoms in total. The van der Waals surface area contributed by atoms with E-state index in [2.05, 4.69) is 20.4 Å². The van der Waals surface area contributed by atoms with Crippen LogP contribution in [0.25, 0.3) is 5.82 Å². The number of nitrogens with one attached hydrogen (secondary N) is 1. The normalized spacial score (nSPS) is 20.7. The molecule has 2 atom stereocenters. The highest BCUT2D eigenvalue weighted by atomic mass is 32.2. The fourth-order valence-electron chi connectivity index (χ4n) is 4.04. The summed E-state index contributed by atoms with van der Waals surface area (Å²) in [5.41, 5.74) is -0.718. The summed E-state index contributed by atoms with van der Waals surface area (Å²) in [6.45, 7) is 4.33. The van der Waals surface area contributed by atoms with Gasteiger partial charge in [-0.3, -0.25) is 14.0 Å². The topological polar surface area (TPSA) is 112 Å². The summed E-state index contributed by atoms with van der Waals surface area (Å²) in [6.07, 6.45) is 0.119. The van der Waals surface area contributed by atoms with E-state index in [0.717, 1.165) is 16.8 Å². The Bertz CT molecular complexity index is 1400. The average molecular weight is 515 g/mol. The number of carbonyl (C=O) groups excluding carboxylic acids is 1. The maximum absolute atomic E-state index is 14.8. The average Bonchev–Trinajstić information content (AvgIpc) is 3.46. The number of nitrogens with zero attached hydrogens (tertiary/aromatic N) is 5. The third-order valence-corrected chi connectivity index (χ3v) is 8.78. The number of rotatable bonds is 5. The van der Waals surface area contributed by atoms with E-state index in [-0.39, 0.29) is 28.6 Å². The lowest BCUT2D eigenvalue weighted by Crippen LogP contribution is -2.28. The van der Waals surface area contributed by atoms with Crippen LogP contribution in [0, 0.1) is 12.7 Å². The number of anilines is 1. The largest absolute Gasteiger partial charge is 0.435 e. The molecule has 1 aliphatic rings. The second-order valence-electron chi connectivity index (χ2n) is 8.63. The predicted octanol–water partition coefficient (Wildman–Crippen LogP) is 3.55. The van der Waals surface area contributed by atoms with E-state index < -0.39 is 44.2 Å². The van der Waals surface area contributed by atoms with E-state index in [0.29, 0.717) is 12.8 Å². The minimum atomic E-state index is -4.65. The van der Waals surface area contributed by atoms with Crippen molar-refractivity contribution >= 4 is 21.4 Å². The van der Waals surface area contributed by atoms with Gasteiger partial charge in [-0.2, -0.15) is 18.3 Å². The zero-order valence-electron chi connectivity index (χ0n) is 19.0. The first-order valence-electron chi connectivity index (χ1n) is 10.6. The van der Waals surface area contributed by atoms with Crippen molar-refractivity contribution in [3.8, 4) is 5.82 Å². The molecule has 0 aliphatic carbocycles. The number of sulfone groups is 1. The Morgan fingerprint density at radius 1 is 1.26 bits per heavy atom. The molecular formula is C21H22F4N6O3S. The van der Waals surface area contributed by atoms with Crippen molar-refractivity contribution in [3.63, 3.8) is 0 Å². The van der Waals surface area contributed by atoms with Gasteiger partial charge in [0, 0.05) is 18.0 Å². The first-order valence-corrected chi connectivity index (χ1v) is 12.2. The lowest BCUT2D eigenvalue weighted by Gasteiger charge is -2.19. The quantitative estimate of drug-likeness (QED) is 0.522. The minimum Gasteiger partial charge on any atom is -0.323 e. The molecule has 188 valence electrons. The van der Waals surface area contributed by atoms with Crippen LogP contribution in [0.15, 0.2) is 30.9 Å². The number of aryl methyl sites for hydroxylation is 1. The highest BCUT2D eigenvalue weighted by Crippen LogP contribution is 2.40. The first kappa shape index (κ1) is 24.8. The van der Waals surface area contributed by atoms with Crippen molar-refractivity contribution in [1.29, 1.82) is 0 Å². The monoisotopic (exact) mass is 514 g/mol. The van der Waals surface area contributed by atoms with Crippen molar-refractivity contribution in [1.82, 2.24) is 24.3 Å². The number of pyridine rings is 1. The molecule has 4 heterocycles. The van der Waals surface area contributed by atoms with Gasteiger partial charge in [0.05, 0.1) is 23.3 Å². The van der Waals surface area contributed by atoms with Gasteiger partial charge in [-0.15, -0.1) is 0 Å². The SMILES string of the molecule is Cc1cc(C(F)(F)F)nn1[C@@H](C)C(=O)Nc1cnc(-n2cnc([C@]3(C)CCCS3(=O)=O)c2)c(F)c1. The lowest BCUT2D eigenvalue weighted by atomic mass is 10.0. The molecule has 0 radical (unpaired) electrons. The van der Waals surface area contributed by atoms with Crippen LogP contribution in [0.5, 0.6) is 0 Å². The Balaban J connectivity index is 1.52. The van der Waals surface area contributed by atoms with E-state index >= 15 is 0 Å². The molecule has 3 aromatic heterocycles. The molecule has 1 fully saturated rings. The van der Waals surface area contributed by atoms with Crippen LogP contribution in [-0.4, -0.2) is 44.4 Å². The van der Waals surface area contributed by atoms with Crippen molar-refractivity contribution < 1.29 is 30.8 Å². The minimum absolute atomic E-state index is 0.0189. The highest BCUT2D eigenvalue weighted by molar-refractivity contribution is 7.92. The molecule has 0 spiro atoms. The number of carbonyl (C=O) groups is 1. The van der Waals surface area contributed by atoms with Crippen LogP contribution < -0.4 is 5.32 Å². The summed E-state index contributed by atoms with van der Waals surface area (Å²) < 4.78 is 79.4. The van der Waals surface area contributed by atoms with Crippen molar-refractivity contribution in [2.75, 3.05) is 11.1 Å². The van der Waals surface area contributed by atoms with Crippen molar-refractivity contribution in [3.05, 3.63) is 53.8 Å². The molecule has 0 aromatic carbocycles. The second kappa shape index (κ2) is 8.43. The number of alkyl halides is 3. The molecule has 1 N–H and O–H groups in total. The maximum Gasteiger partial charge on any atom is 0.435 e. The smallest absolute Gasteiger partial charge is 0.323 e. The van der Waals surface area contributed by atoms with Crippen LogP contribution in [0.2, 0.25) is 0 Å². The van der Waals surface area contributed by atoms with Gasteiger partial charge in [-0.1, -0.05) is 0 Å². The molecule has 1 amide bonds. The first-order chi connectivity index (χ1) is 16.2. The Kier molecular flexibility index (Phi) is 5.98. The van der Waals surface area contributed by atoms with Gasteiger partial charge in [0.2, 0.25) is 5.91 Å². The van der Waals surface area contributed by atoms with E-state index in [1.807, 2.05) is 0 Å². The number of amides is 1. The molecular weight excluding hydrogens is 492 g/mol. The van der Waals surface area contributed by atoms with Crippen molar-refractivity contribution in [2.24, 2.45) is 0 Å². The maximum atomic E-state index is 14.8. The van der Waals surface area contributed by atoms with Gasteiger partial charge in [0.15, 0.2) is 27.2 Å². The molecule has 1 aliphatic heterocycles. The molecule has 3 aromatic rings. The summed E-state index contributed by atoms with van der Waals surface area (Å²) in [4.78, 5) is 20.7. The third kappa shape index (κ3) is 4.42. The van der Waals surface area contributed by atoms with Crippen LogP contribution in [0.4, 0.5) is 23.2 Å². The second-order valence-corrected chi connectivity index (χ2v) is 11.2. The van der Waals surface area contributed by atoms with Crippen LogP contribution >= 0.6 is 0 Å². The molecule has 4 rings (SSSR count). The van der Waals surface area contributed by atoms with Crippen LogP contribution in [0.3, 0.4) is 0 Å². The predicted molar refractivity (Wildman–Crippen MR) is 117 cm³/mol. The van der Waals surface area contributed by atoms with E-state index in [1.165, 1.54) is 37.1 Å². The zero-order chi connectivity index (χ0) is 25.8. The van der Waals surface area contributed by atoms with E-state index in [9.17, 15) is 30.8 Å². The van der Waals surface area contributed by atoms with Crippen LogP contribution in [0.1, 0.15) is 49.8 Å². The standard InChI is InChI=1S/C21H22F4N6O3S/c1-12-7-16(21(23,24)25)29-31(12)13(2)19(32)28-14-8-15(22)18(26-9-14)30-10-17(27-11-30)20(3)5-4-6-35(20,33)34/h7-11,13H,4-6H2,1-3H3,(H,28,32)/t13-,20-/m0/s1. The Labute approximate surface area is 198 Å². The van der Waals surface area contributed by atoms with Gasteiger partial charge in [0.1, 0.15) is 17.1 Å². The summed E-state index contributed by atoms with van der Waals surface area (Å²) >= 11 is 0. The van der Waals surface area contributed by atoms with Gasteiger partial charge in [-0.05, 0) is 39.7 Å². The van der Waals surface area contributed by atoms with E-state index in [1.54, 1.807) is 6.92 Å². The summed E-state index contributed by atoms with van der Waals surface area (Å²) in [7, 11) is -3.39. The number of halogens is 4. The van der Waals surface area contributed by atoms with Gasteiger partial charge in [-0.25, -0.2) is 22.8 Å². The molecule has 0 unspecified atom stereocenters. The third-order valence-electron chi connectivity index (χ3n) is 6.17. The zero-order valence-corrected chi connectivity index (χ0v) is 19.8. The molecule has 14 heteroatoms. The molecule has 0 bridgehead atoms. The highest BCUT2D eigenvalue weighted by Gasteiger charge is 2.46. The Morgan fingerprint density at radius 3 is 2.54 bits per heavy atom. The Hall–Kier alpha value is -3.29. The van der Waals surface area contributed by atoms with Crippen LogP contribution in [-0.2, 0) is 25.6 Å². The summed E-state index contributed by atoms with van der Waals surface area (Å²) in [5.74, 6) is -1.64. The molecule has 0 saturated carbocycles. The molecule has 1 saturated heterocycles. The van der Waals surface area contributed by atoms with Gasteiger partial charge < -0.3 is 5.32 Å².